The smallest absolute Gasteiger partial charge is 0.419 e. The number of phenols is 1. The Morgan fingerprint density at radius 3 is 2.39 bits per heavy atom. The molecule has 31 heavy (non-hydrogen) atoms. The number of aromatic nitrogens is 2. The number of benzene rings is 2. The Morgan fingerprint density at radius 2 is 1.77 bits per heavy atom. The number of aromatic amines is 1. The highest BCUT2D eigenvalue weighted by atomic mass is 32.2. The first-order valence-corrected chi connectivity index (χ1v) is 11.1. The zero-order chi connectivity index (χ0) is 22.6. The van der Waals surface area contributed by atoms with Gasteiger partial charge in [-0.05, 0) is 30.3 Å². The quantitative estimate of drug-likeness (QED) is 0.589. The number of rotatable bonds is 3. The maximum Gasteiger partial charge on any atom is 0.419 e. The minimum absolute atomic E-state index is 0.0769. The molecule has 1 aromatic heterocycles. The van der Waals surface area contributed by atoms with Crippen LogP contribution in [0.25, 0.3) is 22.2 Å². The minimum atomic E-state index is -4.97. The summed E-state index contributed by atoms with van der Waals surface area (Å²) in [6, 6.07) is 6.70. The van der Waals surface area contributed by atoms with Crippen LogP contribution < -0.4 is 4.90 Å². The van der Waals surface area contributed by atoms with Gasteiger partial charge in [-0.15, -0.1) is 0 Å². The first kappa shape index (κ1) is 21.4. The average molecular weight is 458 g/mol. The third-order valence-electron chi connectivity index (χ3n) is 5.25. The molecule has 3 aromatic rings. The number of phenolic OH excluding ortho intramolecular Hbond substituents is 1. The third kappa shape index (κ3) is 4.04. The number of H-pyrrole nitrogens is 1. The van der Waals surface area contributed by atoms with Crippen LogP contribution in [0.3, 0.4) is 0 Å². The molecule has 0 bridgehead atoms. The molecule has 2 aromatic carbocycles. The van der Waals surface area contributed by atoms with Crippen LogP contribution in [0.5, 0.6) is 5.75 Å². The molecule has 2 heterocycles. The van der Waals surface area contributed by atoms with Gasteiger partial charge in [-0.3, -0.25) is 5.10 Å². The fourth-order valence-electron chi connectivity index (χ4n) is 3.65. The standard InChI is InChI=1S/C19H18F4N4O3S/c1-31(29,30)27-6-4-26(5-7-27)12-2-3-13-15(10-12)24-25-18(13)11-8-14(19(21,22)23)17(20)16(28)9-11/h2-3,8-10,28H,4-7H2,1H3,(H,24,25). The van der Waals surface area contributed by atoms with Gasteiger partial charge in [0.15, 0.2) is 11.6 Å². The number of nitrogens with zero attached hydrogens (tertiary/aromatic N) is 3. The Labute approximate surface area is 174 Å². The number of hydrogen-bond donors (Lipinski definition) is 2. The van der Waals surface area contributed by atoms with Crippen molar-refractivity contribution in [3.8, 4) is 17.0 Å². The van der Waals surface area contributed by atoms with E-state index in [-0.39, 0.29) is 11.3 Å². The molecule has 0 aliphatic carbocycles. The van der Waals surface area contributed by atoms with E-state index in [9.17, 15) is 31.1 Å². The van der Waals surface area contributed by atoms with Gasteiger partial charge in [0.2, 0.25) is 10.0 Å². The molecule has 1 aliphatic heterocycles. The summed E-state index contributed by atoms with van der Waals surface area (Å²) in [4.78, 5) is 1.99. The molecule has 0 atom stereocenters. The number of halogens is 4. The van der Waals surface area contributed by atoms with Crippen molar-refractivity contribution in [3.63, 3.8) is 0 Å². The third-order valence-corrected chi connectivity index (χ3v) is 6.55. The van der Waals surface area contributed by atoms with Gasteiger partial charge >= 0.3 is 6.18 Å². The minimum Gasteiger partial charge on any atom is -0.505 e. The van der Waals surface area contributed by atoms with Gasteiger partial charge in [-0.2, -0.15) is 22.6 Å². The molecule has 0 unspecified atom stereocenters. The molecule has 1 fully saturated rings. The Hall–Kier alpha value is -2.86. The van der Waals surface area contributed by atoms with Gasteiger partial charge in [0, 0.05) is 42.8 Å². The van der Waals surface area contributed by atoms with Crippen LogP contribution in [0.1, 0.15) is 5.56 Å². The largest absolute Gasteiger partial charge is 0.505 e. The number of aromatic hydroxyl groups is 1. The second-order valence-corrected chi connectivity index (χ2v) is 9.29. The summed E-state index contributed by atoms with van der Waals surface area (Å²) < 4.78 is 77.8. The van der Waals surface area contributed by atoms with Crippen LogP contribution in [0, 0.1) is 5.82 Å². The van der Waals surface area contributed by atoms with E-state index in [1.165, 1.54) is 4.31 Å². The zero-order valence-corrected chi connectivity index (χ0v) is 17.1. The molecule has 0 saturated carbocycles. The van der Waals surface area contributed by atoms with Crippen LogP contribution >= 0.6 is 0 Å². The van der Waals surface area contributed by atoms with E-state index in [0.717, 1.165) is 18.0 Å². The summed E-state index contributed by atoms with van der Waals surface area (Å²) >= 11 is 0. The SMILES string of the molecule is CS(=O)(=O)N1CCN(c2ccc3c(-c4cc(O)c(F)c(C(F)(F)F)c4)n[nH]c3c2)CC1. The number of piperazine rings is 1. The molecule has 1 aliphatic rings. The Balaban J connectivity index is 1.66. The van der Waals surface area contributed by atoms with Crippen molar-refractivity contribution in [1.82, 2.24) is 14.5 Å². The lowest BCUT2D eigenvalue weighted by Gasteiger charge is -2.34. The maximum absolute atomic E-state index is 13.7. The molecule has 166 valence electrons. The molecule has 1 saturated heterocycles. The van der Waals surface area contributed by atoms with Crippen molar-refractivity contribution in [3.05, 3.63) is 41.7 Å². The molecule has 7 nitrogen and oxygen atoms in total. The number of hydrogen-bond acceptors (Lipinski definition) is 5. The molecular formula is C19H18F4N4O3S. The summed E-state index contributed by atoms with van der Waals surface area (Å²) in [5, 5.41) is 16.9. The molecular weight excluding hydrogens is 440 g/mol. The van der Waals surface area contributed by atoms with Crippen LogP contribution in [-0.2, 0) is 16.2 Å². The van der Waals surface area contributed by atoms with Crippen LogP contribution in [0.2, 0.25) is 0 Å². The topological polar surface area (TPSA) is 89.5 Å². The van der Waals surface area contributed by atoms with Crippen molar-refractivity contribution in [2.75, 3.05) is 37.3 Å². The lowest BCUT2D eigenvalue weighted by atomic mass is 10.0. The summed E-state index contributed by atoms with van der Waals surface area (Å²) in [5.74, 6) is -2.84. The summed E-state index contributed by atoms with van der Waals surface area (Å²) in [6.07, 6.45) is -3.80. The fraction of sp³-hybridized carbons (Fsp3) is 0.316. The second kappa shape index (κ2) is 7.38. The van der Waals surface area contributed by atoms with Gasteiger partial charge in [-0.25, -0.2) is 12.8 Å². The van der Waals surface area contributed by atoms with Crippen LogP contribution in [-0.4, -0.2) is 60.5 Å². The van der Waals surface area contributed by atoms with Crippen LogP contribution in [0.4, 0.5) is 23.2 Å². The maximum atomic E-state index is 13.7. The highest BCUT2D eigenvalue weighted by Crippen LogP contribution is 2.39. The van der Waals surface area contributed by atoms with E-state index in [2.05, 4.69) is 10.2 Å². The number of alkyl halides is 3. The molecule has 0 spiro atoms. The van der Waals surface area contributed by atoms with Gasteiger partial charge < -0.3 is 10.0 Å². The molecule has 4 rings (SSSR count). The summed E-state index contributed by atoms with van der Waals surface area (Å²) in [7, 11) is -3.25. The van der Waals surface area contributed by atoms with Gasteiger partial charge in [0.05, 0.1) is 17.3 Å². The van der Waals surface area contributed by atoms with E-state index in [1.807, 2.05) is 4.90 Å². The van der Waals surface area contributed by atoms with Gasteiger partial charge in [0.25, 0.3) is 0 Å². The summed E-state index contributed by atoms with van der Waals surface area (Å²) in [6.45, 7) is 1.67. The highest BCUT2D eigenvalue weighted by molar-refractivity contribution is 7.88. The van der Waals surface area contributed by atoms with Crippen molar-refractivity contribution >= 4 is 26.6 Å². The van der Waals surface area contributed by atoms with Crippen molar-refractivity contribution < 1.29 is 31.1 Å². The zero-order valence-electron chi connectivity index (χ0n) is 16.2. The summed E-state index contributed by atoms with van der Waals surface area (Å²) in [5.41, 5.74) is -0.167. The van der Waals surface area contributed by atoms with Crippen molar-refractivity contribution in [2.24, 2.45) is 0 Å². The predicted octanol–water partition coefficient (Wildman–Crippen LogP) is 3.18. The molecule has 0 amide bonds. The van der Waals surface area contributed by atoms with E-state index >= 15 is 0 Å². The molecule has 12 heteroatoms. The van der Waals surface area contributed by atoms with E-state index < -0.39 is 33.3 Å². The Bertz CT molecular complexity index is 1250. The average Bonchev–Trinajstić information content (AvgIpc) is 3.11. The molecule has 0 radical (unpaired) electrons. The monoisotopic (exact) mass is 458 g/mol. The number of fused-ring (bicyclic) bond motifs is 1. The molecule has 2 N–H and O–H groups in total. The highest BCUT2D eigenvalue weighted by Gasteiger charge is 2.36. The second-order valence-electron chi connectivity index (χ2n) is 7.31. The van der Waals surface area contributed by atoms with Crippen molar-refractivity contribution in [1.29, 1.82) is 0 Å². The van der Waals surface area contributed by atoms with Gasteiger partial charge in [-0.1, -0.05) is 0 Å². The lowest BCUT2D eigenvalue weighted by molar-refractivity contribution is -0.140. The number of nitrogens with one attached hydrogen (secondary N) is 1. The van der Waals surface area contributed by atoms with Gasteiger partial charge in [0.1, 0.15) is 5.69 Å². The Kier molecular flexibility index (Phi) is 5.09. The normalized spacial score (nSPS) is 16.2. The van der Waals surface area contributed by atoms with Crippen molar-refractivity contribution in [2.45, 2.75) is 6.18 Å². The van der Waals surface area contributed by atoms with E-state index in [1.54, 1.807) is 18.2 Å². The number of sulfonamides is 1. The Morgan fingerprint density at radius 1 is 1.10 bits per heavy atom. The van der Waals surface area contributed by atoms with Crippen LogP contribution in [0.15, 0.2) is 30.3 Å². The first-order chi connectivity index (χ1) is 14.4. The fourth-order valence-corrected chi connectivity index (χ4v) is 4.48. The predicted molar refractivity (Wildman–Crippen MR) is 107 cm³/mol. The first-order valence-electron chi connectivity index (χ1n) is 9.23. The lowest BCUT2D eigenvalue weighted by Crippen LogP contribution is -2.48. The van der Waals surface area contributed by atoms with E-state index in [4.69, 9.17) is 0 Å². The van der Waals surface area contributed by atoms with E-state index in [0.29, 0.717) is 43.1 Å². The number of anilines is 1.